The Kier molecular flexibility index (Phi) is 7.15. The number of carbonyl (C=O) groups excluding carboxylic acids is 2. The Hall–Kier alpha value is -3.82. The Morgan fingerprint density at radius 1 is 1.06 bits per heavy atom. The first kappa shape index (κ1) is 23.3. The summed E-state index contributed by atoms with van der Waals surface area (Å²) in [6.07, 6.45) is 0. The van der Waals surface area contributed by atoms with E-state index in [1.54, 1.807) is 6.92 Å². The Morgan fingerprint density at radius 3 is 2.56 bits per heavy atom. The van der Waals surface area contributed by atoms with Crippen LogP contribution in [0.2, 0.25) is 0 Å². The van der Waals surface area contributed by atoms with Gasteiger partial charge >= 0.3 is 11.8 Å². The minimum Gasteiger partial charge on any atom is -0.379 e. The smallest absolute Gasteiger partial charge is 0.313 e. The summed E-state index contributed by atoms with van der Waals surface area (Å²) >= 11 is 0. The highest BCUT2D eigenvalue weighted by atomic mass is 16.6. The summed E-state index contributed by atoms with van der Waals surface area (Å²) in [4.78, 5) is 38.0. The van der Waals surface area contributed by atoms with Crippen molar-refractivity contribution in [3.8, 4) is 0 Å². The van der Waals surface area contributed by atoms with Crippen LogP contribution in [0.25, 0.3) is 10.8 Å². The van der Waals surface area contributed by atoms with E-state index >= 15 is 0 Å². The Labute approximate surface area is 196 Å². The standard InChI is InChI=1S/C25H26N4O5/c1-17-9-10-19(29(32)33)15-22(17)27-25(31)24(30)26-16-23(28-11-13-34-14-12-28)21-8-4-6-18-5-2-3-7-20(18)21/h2-10,15,23H,11-14,16H2,1H3,(H,26,30)(H,27,31). The van der Waals surface area contributed by atoms with Gasteiger partial charge in [0.2, 0.25) is 0 Å². The number of nitro benzene ring substituents is 1. The zero-order valence-corrected chi connectivity index (χ0v) is 18.8. The lowest BCUT2D eigenvalue weighted by Crippen LogP contribution is -2.45. The molecule has 1 fully saturated rings. The molecule has 3 aromatic rings. The van der Waals surface area contributed by atoms with Crippen LogP contribution in [-0.4, -0.2) is 54.5 Å². The number of benzene rings is 3. The van der Waals surface area contributed by atoms with Gasteiger partial charge in [-0.15, -0.1) is 0 Å². The number of nitrogens with one attached hydrogen (secondary N) is 2. The quantitative estimate of drug-likeness (QED) is 0.330. The topological polar surface area (TPSA) is 114 Å². The molecule has 1 heterocycles. The summed E-state index contributed by atoms with van der Waals surface area (Å²) in [5.74, 6) is -1.67. The lowest BCUT2D eigenvalue weighted by Gasteiger charge is -2.35. The van der Waals surface area contributed by atoms with Gasteiger partial charge in [0.15, 0.2) is 0 Å². The Bertz CT molecular complexity index is 1220. The average molecular weight is 463 g/mol. The minimum atomic E-state index is -0.873. The molecule has 2 N–H and O–H groups in total. The summed E-state index contributed by atoms with van der Waals surface area (Å²) in [7, 11) is 0. The molecule has 0 aromatic heterocycles. The van der Waals surface area contributed by atoms with E-state index in [-0.39, 0.29) is 24.0 Å². The highest BCUT2D eigenvalue weighted by Crippen LogP contribution is 2.29. The Morgan fingerprint density at radius 2 is 1.79 bits per heavy atom. The number of fused-ring (bicyclic) bond motifs is 1. The van der Waals surface area contributed by atoms with Crippen molar-refractivity contribution in [1.82, 2.24) is 10.2 Å². The van der Waals surface area contributed by atoms with Crippen LogP contribution >= 0.6 is 0 Å². The fraction of sp³-hybridized carbons (Fsp3) is 0.280. The lowest BCUT2D eigenvalue weighted by atomic mass is 9.97. The number of non-ortho nitro benzene ring substituents is 1. The van der Waals surface area contributed by atoms with Crippen molar-refractivity contribution in [2.45, 2.75) is 13.0 Å². The van der Waals surface area contributed by atoms with E-state index in [1.807, 2.05) is 36.4 Å². The molecule has 9 heteroatoms. The molecule has 3 aromatic carbocycles. The van der Waals surface area contributed by atoms with Crippen LogP contribution in [0.3, 0.4) is 0 Å². The van der Waals surface area contributed by atoms with Crippen LogP contribution in [-0.2, 0) is 14.3 Å². The van der Waals surface area contributed by atoms with Crippen molar-refractivity contribution in [2.75, 3.05) is 38.2 Å². The van der Waals surface area contributed by atoms with Gasteiger partial charge < -0.3 is 15.4 Å². The predicted molar refractivity (Wildman–Crippen MR) is 129 cm³/mol. The van der Waals surface area contributed by atoms with E-state index in [0.29, 0.717) is 31.9 Å². The van der Waals surface area contributed by atoms with Gasteiger partial charge in [0.1, 0.15) is 0 Å². The number of anilines is 1. The van der Waals surface area contributed by atoms with Crippen LogP contribution in [0.1, 0.15) is 17.2 Å². The number of carbonyl (C=O) groups is 2. The van der Waals surface area contributed by atoms with Crippen molar-refractivity contribution in [3.63, 3.8) is 0 Å². The first-order chi connectivity index (χ1) is 16.4. The van der Waals surface area contributed by atoms with Crippen LogP contribution in [0.5, 0.6) is 0 Å². The van der Waals surface area contributed by atoms with E-state index in [4.69, 9.17) is 4.74 Å². The maximum absolute atomic E-state index is 12.7. The summed E-state index contributed by atoms with van der Waals surface area (Å²) in [5, 5.41) is 18.5. The molecule has 1 saturated heterocycles. The number of ether oxygens (including phenoxy) is 1. The third-order valence-electron chi connectivity index (χ3n) is 6.01. The highest BCUT2D eigenvalue weighted by molar-refractivity contribution is 6.39. The summed E-state index contributed by atoms with van der Waals surface area (Å²) in [5.41, 5.74) is 1.75. The number of morpholine rings is 1. The van der Waals surface area contributed by atoms with Crippen molar-refractivity contribution in [2.24, 2.45) is 0 Å². The molecule has 0 aliphatic carbocycles. The lowest BCUT2D eigenvalue weighted by molar-refractivity contribution is -0.384. The molecule has 1 aliphatic heterocycles. The second-order valence-electron chi connectivity index (χ2n) is 8.15. The second kappa shape index (κ2) is 10.4. The first-order valence-electron chi connectivity index (χ1n) is 11.1. The van der Waals surface area contributed by atoms with Gasteiger partial charge in [0, 0.05) is 31.8 Å². The molecule has 0 saturated carbocycles. The van der Waals surface area contributed by atoms with Gasteiger partial charge in [-0.25, -0.2) is 0 Å². The minimum absolute atomic E-state index is 0.147. The SMILES string of the molecule is Cc1ccc([N+](=O)[O-])cc1NC(=O)C(=O)NCC(c1cccc2ccccc12)N1CCOCC1. The average Bonchev–Trinajstić information content (AvgIpc) is 2.86. The van der Waals surface area contributed by atoms with E-state index in [1.165, 1.54) is 18.2 Å². The first-order valence-corrected chi connectivity index (χ1v) is 11.1. The summed E-state index contributed by atoms with van der Waals surface area (Å²) < 4.78 is 5.50. The van der Waals surface area contributed by atoms with Gasteiger partial charge in [-0.1, -0.05) is 48.5 Å². The molecule has 0 bridgehead atoms. The molecule has 1 unspecified atom stereocenters. The van der Waals surface area contributed by atoms with Crippen molar-refractivity contribution < 1.29 is 19.2 Å². The third kappa shape index (κ3) is 5.22. The van der Waals surface area contributed by atoms with Crippen LogP contribution in [0, 0.1) is 17.0 Å². The summed E-state index contributed by atoms with van der Waals surface area (Å²) in [6.45, 7) is 4.55. The molecule has 1 aliphatic rings. The number of hydrogen-bond donors (Lipinski definition) is 2. The highest BCUT2D eigenvalue weighted by Gasteiger charge is 2.26. The van der Waals surface area contributed by atoms with Crippen molar-refractivity contribution >= 4 is 34.0 Å². The number of rotatable bonds is 6. The molecule has 4 rings (SSSR count). The fourth-order valence-corrected chi connectivity index (χ4v) is 4.17. The second-order valence-corrected chi connectivity index (χ2v) is 8.15. The molecule has 2 amide bonds. The molecular formula is C25H26N4O5. The van der Waals surface area contributed by atoms with Gasteiger partial charge in [-0.05, 0) is 28.8 Å². The van der Waals surface area contributed by atoms with Gasteiger partial charge in [0.05, 0.1) is 29.9 Å². The molecule has 9 nitrogen and oxygen atoms in total. The summed E-state index contributed by atoms with van der Waals surface area (Å²) in [6, 6.07) is 18.1. The predicted octanol–water partition coefficient (Wildman–Crippen LogP) is 3.18. The van der Waals surface area contributed by atoms with Crippen molar-refractivity contribution in [3.05, 3.63) is 81.9 Å². The zero-order valence-electron chi connectivity index (χ0n) is 18.8. The van der Waals surface area contributed by atoms with E-state index < -0.39 is 16.7 Å². The number of hydrogen-bond acceptors (Lipinski definition) is 6. The van der Waals surface area contributed by atoms with Crippen LogP contribution < -0.4 is 10.6 Å². The molecule has 176 valence electrons. The molecule has 0 radical (unpaired) electrons. The van der Waals surface area contributed by atoms with Crippen molar-refractivity contribution in [1.29, 1.82) is 0 Å². The van der Waals surface area contributed by atoms with Crippen LogP contribution in [0.4, 0.5) is 11.4 Å². The molecule has 1 atom stereocenters. The van der Waals surface area contributed by atoms with Gasteiger partial charge in [0.25, 0.3) is 5.69 Å². The zero-order chi connectivity index (χ0) is 24.1. The monoisotopic (exact) mass is 462 g/mol. The molecular weight excluding hydrogens is 436 g/mol. The van der Waals surface area contributed by atoms with E-state index in [9.17, 15) is 19.7 Å². The number of nitro groups is 1. The van der Waals surface area contributed by atoms with Gasteiger partial charge in [-0.2, -0.15) is 0 Å². The maximum atomic E-state index is 12.7. The number of amides is 2. The number of aryl methyl sites for hydroxylation is 1. The third-order valence-corrected chi connectivity index (χ3v) is 6.01. The molecule has 0 spiro atoms. The Balaban J connectivity index is 1.51. The van der Waals surface area contributed by atoms with E-state index in [2.05, 4.69) is 21.6 Å². The fourth-order valence-electron chi connectivity index (χ4n) is 4.17. The van der Waals surface area contributed by atoms with Crippen LogP contribution in [0.15, 0.2) is 60.7 Å². The molecule has 34 heavy (non-hydrogen) atoms. The largest absolute Gasteiger partial charge is 0.379 e. The van der Waals surface area contributed by atoms with Gasteiger partial charge in [-0.3, -0.25) is 24.6 Å². The normalized spacial score (nSPS) is 15.0. The maximum Gasteiger partial charge on any atom is 0.313 e. The van der Waals surface area contributed by atoms with E-state index in [0.717, 1.165) is 16.3 Å². The number of nitrogens with zero attached hydrogens (tertiary/aromatic N) is 2.